The number of rotatable bonds is 1. The summed E-state index contributed by atoms with van der Waals surface area (Å²) in [6.07, 6.45) is 0. The van der Waals surface area contributed by atoms with Crippen molar-refractivity contribution in [3.8, 4) is 22.6 Å². The zero-order chi connectivity index (χ0) is 16.8. The second-order valence-electron chi connectivity index (χ2n) is 5.30. The Morgan fingerprint density at radius 3 is 2.38 bits per heavy atom. The first-order valence-electron chi connectivity index (χ1n) is 7.06. The summed E-state index contributed by atoms with van der Waals surface area (Å²) >= 11 is 0. The second kappa shape index (κ2) is 4.99. The molecule has 0 saturated heterocycles. The average Bonchev–Trinajstić information content (AvgIpc) is 2.54. The molecule has 24 heavy (non-hydrogen) atoms. The molecule has 2 aromatic carbocycles. The topological polar surface area (TPSA) is 101 Å². The van der Waals surface area contributed by atoms with Gasteiger partial charge in [-0.2, -0.15) is 0 Å². The molecule has 0 amide bonds. The Kier molecular flexibility index (Phi) is 2.93. The van der Waals surface area contributed by atoms with E-state index in [4.69, 9.17) is 8.83 Å². The molecule has 0 radical (unpaired) electrons. The lowest BCUT2D eigenvalue weighted by Crippen LogP contribution is -2.04. The van der Waals surface area contributed by atoms with E-state index in [2.05, 4.69) is 0 Å². The maximum atomic E-state index is 12.3. The maximum absolute atomic E-state index is 12.3. The van der Waals surface area contributed by atoms with Crippen LogP contribution < -0.4 is 11.3 Å². The molecule has 2 heterocycles. The van der Waals surface area contributed by atoms with Crippen LogP contribution in [-0.4, -0.2) is 10.2 Å². The van der Waals surface area contributed by atoms with E-state index in [1.54, 1.807) is 18.2 Å². The van der Waals surface area contributed by atoms with Crippen molar-refractivity contribution < 1.29 is 19.0 Å². The molecule has 0 unspecified atom stereocenters. The highest BCUT2D eigenvalue weighted by atomic mass is 16.4. The van der Waals surface area contributed by atoms with Crippen LogP contribution in [0.15, 0.2) is 67.0 Å². The van der Waals surface area contributed by atoms with E-state index in [0.717, 1.165) is 0 Å². The van der Waals surface area contributed by atoms with Crippen LogP contribution in [0.3, 0.4) is 0 Å². The summed E-state index contributed by atoms with van der Waals surface area (Å²) in [6.45, 7) is 0. The van der Waals surface area contributed by atoms with Gasteiger partial charge in [0.05, 0.1) is 11.1 Å². The fraction of sp³-hybridized carbons (Fsp3) is 0. The highest BCUT2D eigenvalue weighted by Gasteiger charge is 2.17. The Morgan fingerprint density at radius 2 is 1.54 bits per heavy atom. The Morgan fingerprint density at radius 1 is 0.792 bits per heavy atom. The summed E-state index contributed by atoms with van der Waals surface area (Å²) in [5.74, 6) is -0.236. The minimum absolute atomic E-state index is 0.0302. The van der Waals surface area contributed by atoms with Gasteiger partial charge in [0, 0.05) is 22.9 Å². The number of phenolic OH excluding ortho intramolecular Hbond substituents is 2. The van der Waals surface area contributed by atoms with E-state index in [1.807, 2.05) is 0 Å². The van der Waals surface area contributed by atoms with Gasteiger partial charge < -0.3 is 19.0 Å². The van der Waals surface area contributed by atoms with E-state index in [0.29, 0.717) is 10.8 Å². The molecule has 6 nitrogen and oxygen atoms in total. The molecule has 4 rings (SSSR count). The molecule has 6 heteroatoms. The highest BCUT2D eigenvalue weighted by Crippen LogP contribution is 2.35. The van der Waals surface area contributed by atoms with Crippen LogP contribution in [0.4, 0.5) is 0 Å². The Hall–Kier alpha value is -3.54. The Labute approximate surface area is 133 Å². The molecule has 0 fully saturated rings. The van der Waals surface area contributed by atoms with Crippen LogP contribution in [0.1, 0.15) is 0 Å². The molecular weight excluding hydrogens is 312 g/mol. The van der Waals surface area contributed by atoms with Crippen LogP contribution in [0.2, 0.25) is 0 Å². The fourth-order valence-corrected chi connectivity index (χ4v) is 2.66. The van der Waals surface area contributed by atoms with Crippen molar-refractivity contribution in [1.82, 2.24) is 0 Å². The van der Waals surface area contributed by atoms with Gasteiger partial charge in [0.2, 0.25) is 0 Å². The first-order chi connectivity index (χ1) is 11.5. The van der Waals surface area contributed by atoms with Crippen molar-refractivity contribution in [2.45, 2.75) is 0 Å². The fourth-order valence-electron chi connectivity index (χ4n) is 2.66. The lowest BCUT2D eigenvalue weighted by atomic mass is 10.0. The van der Waals surface area contributed by atoms with Gasteiger partial charge in [-0.1, -0.05) is 0 Å². The number of fused-ring (bicyclic) bond motifs is 2. The van der Waals surface area contributed by atoms with Gasteiger partial charge in [0.15, 0.2) is 0 Å². The molecule has 2 aromatic heterocycles. The monoisotopic (exact) mass is 322 g/mol. The molecule has 0 atom stereocenters. The average molecular weight is 322 g/mol. The SMILES string of the molecule is O=c1ccc2ccc(O)c(-c3cc4ccc(O)cc4oc3=O)c2o1. The number of hydrogen-bond acceptors (Lipinski definition) is 6. The van der Waals surface area contributed by atoms with Crippen molar-refractivity contribution in [3.63, 3.8) is 0 Å². The van der Waals surface area contributed by atoms with Crippen LogP contribution >= 0.6 is 0 Å². The van der Waals surface area contributed by atoms with Gasteiger partial charge in [-0.25, -0.2) is 9.59 Å². The van der Waals surface area contributed by atoms with E-state index in [1.165, 1.54) is 30.3 Å². The number of hydrogen-bond donors (Lipinski definition) is 2. The van der Waals surface area contributed by atoms with Crippen molar-refractivity contribution in [3.05, 3.63) is 69.4 Å². The predicted molar refractivity (Wildman–Crippen MR) is 87.3 cm³/mol. The zero-order valence-electron chi connectivity index (χ0n) is 12.1. The third kappa shape index (κ3) is 2.13. The van der Waals surface area contributed by atoms with Crippen molar-refractivity contribution in [2.75, 3.05) is 0 Å². The molecule has 0 spiro atoms. The summed E-state index contributed by atoms with van der Waals surface area (Å²) in [5.41, 5.74) is -0.843. The minimum Gasteiger partial charge on any atom is -0.508 e. The normalized spacial score (nSPS) is 11.2. The largest absolute Gasteiger partial charge is 0.508 e. The van der Waals surface area contributed by atoms with Crippen molar-refractivity contribution in [2.24, 2.45) is 0 Å². The molecule has 0 aliphatic rings. The van der Waals surface area contributed by atoms with Gasteiger partial charge in [0.25, 0.3) is 0 Å². The first kappa shape index (κ1) is 14.1. The first-order valence-corrected chi connectivity index (χ1v) is 7.06. The van der Waals surface area contributed by atoms with Crippen LogP contribution in [0.25, 0.3) is 33.1 Å². The van der Waals surface area contributed by atoms with Gasteiger partial charge in [-0.3, -0.25) is 0 Å². The van der Waals surface area contributed by atoms with Gasteiger partial charge in [-0.05, 0) is 36.4 Å². The highest BCUT2D eigenvalue weighted by molar-refractivity contribution is 5.96. The van der Waals surface area contributed by atoms with E-state index in [9.17, 15) is 19.8 Å². The van der Waals surface area contributed by atoms with Gasteiger partial charge >= 0.3 is 11.3 Å². The lowest BCUT2D eigenvalue weighted by Gasteiger charge is -2.08. The standard InChI is InChI=1S/C18H10O6/c19-11-4-1-10-7-12(18(22)23-14(10)8-11)16-13(20)5-2-9-3-6-15(21)24-17(9)16/h1-8,19-20H. The Balaban J connectivity index is 2.13. The van der Waals surface area contributed by atoms with Crippen LogP contribution in [-0.2, 0) is 0 Å². The van der Waals surface area contributed by atoms with Crippen molar-refractivity contribution in [1.29, 1.82) is 0 Å². The third-order valence-corrected chi connectivity index (χ3v) is 3.76. The summed E-state index contributed by atoms with van der Waals surface area (Å²) in [5, 5.41) is 20.8. The predicted octanol–water partition coefficient (Wildman–Crippen LogP) is 2.98. The lowest BCUT2D eigenvalue weighted by molar-refractivity contribution is 0.471. The molecule has 4 aromatic rings. The Bertz CT molecular complexity index is 1220. The molecular formula is C18H10O6. The zero-order valence-corrected chi connectivity index (χ0v) is 12.1. The van der Waals surface area contributed by atoms with Gasteiger partial charge in [-0.15, -0.1) is 0 Å². The van der Waals surface area contributed by atoms with E-state index >= 15 is 0 Å². The number of phenols is 2. The third-order valence-electron chi connectivity index (χ3n) is 3.76. The molecule has 0 saturated carbocycles. The van der Waals surface area contributed by atoms with Crippen molar-refractivity contribution >= 4 is 21.9 Å². The molecule has 2 N–H and O–H groups in total. The van der Waals surface area contributed by atoms with Crippen LogP contribution in [0, 0.1) is 0 Å². The van der Waals surface area contributed by atoms with E-state index < -0.39 is 11.3 Å². The molecule has 0 aliphatic heterocycles. The maximum Gasteiger partial charge on any atom is 0.344 e. The quantitative estimate of drug-likeness (QED) is 0.522. The second-order valence-corrected chi connectivity index (χ2v) is 5.30. The smallest absolute Gasteiger partial charge is 0.344 e. The summed E-state index contributed by atoms with van der Waals surface area (Å²) in [4.78, 5) is 23.9. The van der Waals surface area contributed by atoms with Gasteiger partial charge in [0.1, 0.15) is 22.7 Å². The summed E-state index contributed by atoms with van der Waals surface area (Å²) in [6, 6.07) is 11.7. The van der Waals surface area contributed by atoms with E-state index in [-0.39, 0.29) is 33.8 Å². The summed E-state index contributed by atoms with van der Waals surface area (Å²) < 4.78 is 10.4. The number of aromatic hydroxyl groups is 2. The molecule has 0 bridgehead atoms. The van der Waals surface area contributed by atoms with Crippen LogP contribution in [0.5, 0.6) is 11.5 Å². The molecule has 0 aliphatic carbocycles. The number of benzene rings is 2. The minimum atomic E-state index is -0.720. The molecule has 118 valence electrons. The summed E-state index contributed by atoms with van der Waals surface area (Å²) in [7, 11) is 0.